The van der Waals surface area contributed by atoms with E-state index in [1.165, 1.54) is 12.8 Å². The first kappa shape index (κ1) is 26.2. The summed E-state index contributed by atoms with van der Waals surface area (Å²) in [6.07, 6.45) is 6.29. The minimum absolute atomic E-state index is 0.150. The Morgan fingerprint density at radius 1 is 0.923 bits per heavy atom. The van der Waals surface area contributed by atoms with Crippen molar-refractivity contribution in [3.05, 3.63) is 106 Å². The van der Waals surface area contributed by atoms with Crippen molar-refractivity contribution in [2.75, 3.05) is 22.9 Å². The van der Waals surface area contributed by atoms with Gasteiger partial charge in [-0.25, -0.2) is 0 Å². The molecule has 1 N–H and O–H groups in total. The lowest BCUT2D eigenvalue weighted by molar-refractivity contribution is 0.438. The molecule has 2 saturated heterocycles. The van der Waals surface area contributed by atoms with Crippen molar-refractivity contribution in [1.29, 1.82) is 0 Å². The molecule has 5 nitrogen and oxygen atoms in total. The molecule has 0 unspecified atom stereocenters. The van der Waals surface area contributed by atoms with E-state index in [9.17, 15) is 0 Å². The molecule has 0 bridgehead atoms. The summed E-state index contributed by atoms with van der Waals surface area (Å²) in [4.78, 5) is 9.28. The lowest BCUT2D eigenvalue weighted by Gasteiger charge is -2.33. The van der Waals surface area contributed by atoms with E-state index in [1.54, 1.807) is 0 Å². The van der Waals surface area contributed by atoms with Crippen LogP contribution < -0.4 is 15.1 Å². The van der Waals surface area contributed by atoms with Crippen molar-refractivity contribution in [3.8, 4) is 5.69 Å². The molecule has 4 aromatic rings. The first-order valence-corrected chi connectivity index (χ1v) is 14.6. The predicted octanol–water partition coefficient (Wildman–Crippen LogP) is 7.90. The Morgan fingerprint density at radius 3 is 2.44 bits per heavy atom. The molecule has 39 heavy (non-hydrogen) atoms. The van der Waals surface area contributed by atoms with Crippen molar-refractivity contribution in [1.82, 2.24) is 14.9 Å². The second-order valence-electron chi connectivity index (χ2n) is 10.5. The first-order chi connectivity index (χ1) is 18.9. The van der Waals surface area contributed by atoms with E-state index in [1.807, 2.05) is 43.5 Å². The minimum Gasteiger partial charge on any atom is -0.370 e. The highest BCUT2D eigenvalue weighted by Gasteiger charge is 2.42. The maximum atomic E-state index is 6.95. The fourth-order valence-electron chi connectivity index (χ4n) is 5.73. The normalized spacial score (nSPS) is 19.9. The minimum atomic E-state index is -0.156. The van der Waals surface area contributed by atoms with Gasteiger partial charge in [-0.3, -0.25) is 4.98 Å². The van der Waals surface area contributed by atoms with E-state index in [2.05, 4.69) is 69.2 Å². The van der Waals surface area contributed by atoms with Crippen LogP contribution in [0.4, 0.5) is 11.4 Å². The molecule has 2 aromatic carbocycles. The van der Waals surface area contributed by atoms with Gasteiger partial charge in [-0.1, -0.05) is 36.2 Å². The third-order valence-electron chi connectivity index (χ3n) is 7.93. The second-order valence-corrected chi connectivity index (χ2v) is 11.7. The van der Waals surface area contributed by atoms with Crippen LogP contribution in [0.5, 0.6) is 0 Å². The number of pyridine rings is 1. The number of aryl methyl sites for hydroxylation is 1. The zero-order valence-corrected chi connectivity index (χ0v) is 24.3. The van der Waals surface area contributed by atoms with Gasteiger partial charge >= 0.3 is 0 Å². The molecule has 2 aromatic heterocycles. The van der Waals surface area contributed by atoms with Crippen LogP contribution in [-0.2, 0) is 0 Å². The third kappa shape index (κ3) is 5.02. The maximum Gasteiger partial charge on any atom is 0.174 e. The summed E-state index contributed by atoms with van der Waals surface area (Å²) in [7, 11) is 0. The van der Waals surface area contributed by atoms with Crippen LogP contribution in [0.3, 0.4) is 0 Å². The Morgan fingerprint density at radius 2 is 1.72 bits per heavy atom. The zero-order valence-electron chi connectivity index (χ0n) is 22.0. The largest absolute Gasteiger partial charge is 0.370 e. The number of hydrogen-bond acceptors (Lipinski definition) is 3. The van der Waals surface area contributed by atoms with Crippen molar-refractivity contribution in [2.24, 2.45) is 5.92 Å². The Labute approximate surface area is 245 Å². The van der Waals surface area contributed by atoms with Crippen LogP contribution in [0, 0.1) is 12.8 Å². The van der Waals surface area contributed by atoms with Gasteiger partial charge in [0.05, 0.1) is 22.4 Å². The van der Waals surface area contributed by atoms with Crippen molar-refractivity contribution >= 4 is 51.9 Å². The zero-order chi connectivity index (χ0) is 27.1. The Bertz CT molecular complexity index is 1500. The van der Waals surface area contributed by atoms with E-state index in [0.29, 0.717) is 5.11 Å². The number of nitrogens with zero attached hydrogens (tertiary/aromatic N) is 4. The fraction of sp³-hybridized carbons (Fsp3) is 0.290. The van der Waals surface area contributed by atoms with E-state index in [0.717, 1.165) is 63.1 Å². The Hall–Kier alpha value is -3.06. The van der Waals surface area contributed by atoms with E-state index in [4.69, 9.17) is 40.4 Å². The predicted molar refractivity (Wildman–Crippen MR) is 166 cm³/mol. The van der Waals surface area contributed by atoms with Crippen LogP contribution in [0.1, 0.15) is 48.8 Å². The molecule has 0 radical (unpaired) electrons. The standard InChI is InChI=1S/C31H31Cl2N5S/c1-20-12-16-36(17-13-20)27-11-9-23(19-25(27)33)38-30(29(35-31(38)39)26-6-3-4-14-34-26)28-7-5-15-37(28)22-8-10-24(32)21(2)18-22/h3-11,14-15,18-20,29-30H,12-13,16-17H2,1-2H3,(H,35,39)/t29-,30+/m1/s1. The topological polar surface area (TPSA) is 36.3 Å². The van der Waals surface area contributed by atoms with E-state index >= 15 is 0 Å². The molecule has 2 aliphatic heterocycles. The van der Waals surface area contributed by atoms with Gasteiger partial charge in [-0.15, -0.1) is 0 Å². The molecule has 0 amide bonds. The van der Waals surface area contributed by atoms with Crippen LogP contribution in [0.25, 0.3) is 5.69 Å². The number of rotatable bonds is 5. The van der Waals surface area contributed by atoms with Crippen molar-refractivity contribution < 1.29 is 0 Å². The fourth-order valence-corrected chi connectivity index (χ4v) is 6.49. The average Bonchev–Trinajstić information content (AvgIpc) is 3.55. The summed E-state index contributed by atoms with van der Waals surface area (Å²) in [6.45, 7) is 6.41. The Kier molecular flexibility index (Phi) is 7.27. The van der Waals surface area contributed by atoms with Crippen LogP contribution >= 0.6 is 35.4 Å². The van der Waals surface area contributed by atoms with E-state index in [-0.39, 0.29) is 12.1 Å². The highest BCUT2D eigenvalue weighted by atomic mass is 35.5. The molecule has 4 heterocycles. The van der Waals surface area contributed by atoms with Crippen molar-refractivity contribution in [2.45, 2.75) is 38.8 Å². The molecule has 0 spiro atoms. The maximum absolute atomic E-state index is 6.95. The van der Waals surface area contributed by atoms with Gasteiger partial charge in [0.2, 0.25) is 0 Å². The lowest BCUT2D eigenvalue weighted by atomic mass is 9.98. The van der Waals surface area contributed by atoms with Crippen LogP contribution in [0.15, 0.2) is 79.1 Å². The van der Waals surface area contributed by atoms with Gasteiger partial charge in [0.25, 0.3) is 0 Å². The second kappa shape index (κ2) is 10.8. The lowest BCUT2D eigenvalue weighted by Crippen LogP contribution is -2.33. The SMILES string of the molecule is Cc1cc(-n2cccc2[C@H]2[C@@H](c3ccccn3)NC(=S)N2c2ccc(N3CCC(C)CC3)c(Cl)c2)ccc1Cl. The van der Waals surface area contributed by atoms with Gasteiger partial charge in [-0.05, 0) is 104 Å². The van der Waals surface area contributed by atoms with Gasteiger partial charge < -0.3 is 19.7 Å². The summed E-state index contributed by atoms with van der Waals surface area (Å²) < 4.78 is 2.21. The monoisotopic (exact) mass is 575 g/mol. The van der Waals surface area contributed by atoms with Gasteiger partial charge in [0.15, 0.2) is 5.11 Å². The summed E-state index contributed by atoms with van der Waals surface area (Å²) in [6, 6.07) is 22.3. The molecular weight excluding hydrogens is 545 g/mol. The number of anilines is 2. The molecule has 2 fully saturated rings. The smallest absolute Gasteiger partial charge is 0.174 e. The van der Waals surface area contributed by atoms with Gasteiger partial charge in [0.1, 0.15) is 6.04 Å². The number of nitrogens with one attached hydrogen (secondary N) is 1. The first-order valence-electron chi connectivity index (χ1n) is 13.4. The quantitative estimate of drug-likeness (QED) is 0.245. The molecule has 200 valence electrons. The molecular formula is C31H31Cl2N5S. The molecule has 2 atom stereocenters. The highest BCUT2D eigenvalue weighted by Crippen LogP contribution is 2.44. The number of piperidine rings is 1. The number of aromatic nitrogens is 2. The number of thiocarbonyl (C=S) groups is 1. The summed E-state index contributed by atoms with van der Waals surface area (Å²) in [5.41, 5.74) is 6.13. The van der Waals surface area contributed by atoms with Gasteiger partial charge in [-0.2, -0.15) is 0 Å². The molecule has 6 rings (SSSR count). The summed E-state index contributed by atoms with van der Waals surface area (Å²) in [5, 5.41) is 5.71. The molecule has 2 aliphatic rings. The molecule has 8 heteroatoms. The van der Waals surface area contributed by atoms with Gasteiger partial charge in [0, 0.05) is 47.6 Å². The average molecular weight is 577 g/mol. The summed E-state index contributed by atoms with van der Waals surface area (Å²) >= 11 is 19.3. The number of hydrogen-bond donors (Lipinski definition) is 1. The van der Waals surface area contributed by atoms with Crippen molar-refractivity contribution in [3.63, 3.8) is 0 Å². The van der Waals surface area contributed by atoms with E-state index < -0.39 is 0 Å². The third-order valence-corrected chi connectivity index (χ3v) is 8.98. The summed E-state index contributed by atoms with van der Waals surface area (Å²) in [5.74, 6) is 0.761. The number of benzene rings is 2. The molecule has 0 aliphatic carbocycles. The van der Waals surface area contributed by atoms with Crippen LogP contribution in [-0.4, -0.2) is 27.8 Å². The number of halogens is 2. The highest BCUT2D eigenvalue weighted by molar-refractivity contribution is 7.80. The van der Waals surface area contributed by atoms with Crippen LogP contribution in [0.2, 0.25) is 10.0 Å². The Balaban J connectivity index is 1.43. The molecule has 0 saturated carbocycles.